The van der Waals surface area contributed by atoms with Crippen LogP contribution in [0.5, 0.6) is 5.75 Å². The van der Waals surface area contributed by atoms with E-state index in [0.29, 0.717) is 32.7 Å². The Balaban J connectivity index is 1.67. The molecule has 1 N–H and O–H groups in total. The molecule has 29 heavy (non-hydrogen) atoms. The molecular formula is C24H32N2O3. The molecular weight excluding hydrogens is 364 g/mol. The molecule has 1 aliphatic heterocycles. The number of rotatable bonds is 8. The second-order valence-corrected chi connectivity index (χ2v) is 8.05. The van der Waals surface area contributed by atoms with Crippen LogP contribution in [0.15, 0.2) is 48.5 Å². The number of nitrogens with zero attached hydrogens (tertiary/aromatic N) is 1. The zero-order valence-electron chi connectivity index (χ0n) is 17.7. The van der Waals surface area contributed by atoms with Crippen LogP contribution >= 0.6 is 0 Å². The van der Waals surface area contributed by atoms with Crippen molar-refractivity contribution in [2.45, 2.75) is 31.6 Å². The predicted octanol–water partition coefficient (Wildman–Crippen LogP) is 4.01. The highest BCUT2D eigenvalue weighted by Gasteiger charge is 2.41. The van der Waals surface area contributed by atoms with E-state index in [0.717, 1.165) is 35.5 Å². The molecule has 1 amide bonds. The summed E-state index contributed by atoms with van der Waals surface area (Å²) in [5, 5.41) is 3.12. The molecule has 0 bridgehead atoms. The normalized spacial score (nSPS) is 15.9. The van der Waals surface area contributed by atoms with Crippen LogP contribution in [0.3, 0.4) is 0 Å². The van der Waals surface area contributed by atoms with Crippen LogP contribution in [-0.2, 0) is 14.9 Å². The molecule has 2 aromatic rings. The molecule has 0 aromatic heterocycles. The van der Waals surface area contributed by atoms with Gasteiger partial charge in [-0.1, -0.05) is 29.8 Å². The van der Waals surface area contributed by atoms with Crippen molar-refractivity contribution in [3.05, 3.63) is 59.7 Å². The smallest absolute Gasteiger partial charge is 0.235 e. The lowest BCUT2D eigenvalue weighted by Crippen LogP contribution is -2.44. The van der Waals surface area contributed by atoms with Crippen LogP contribution < -0.4 is 10.1 Å². The lowest BCUT2D eigenvalue weighted by molar-refractivity contribution is -0.125. The van der Waals surface area contributed by atoms with Crippen molar-refractivity contribution in [1.29, 1.82) is 0 Å². The highest BCUT2D eigenvalue weighted by atomic mass is 16.5. The van der Waals surface area contributed by atoms with Crippen molar-refractivity contribution in [2.75, 3.05) is 45.8 Å². The molecule has 5 heteroatoms. The highest BCUT2D eigenvalue weighted by molar-refractivity contribution is 5.99. The van der Waals surface area contributed by atoms with Gasteiger partial charge in [0.2, 0.25) is 5.91 Å². The number of hydrogen-bond donors (Lipinski definition) is 1. The number of benzene rings is 2. The average molecular weight is 397 g/mol. The van der Waals surface area contributed by atoms with E-state index in [1.165, 1.54) is 0 Å². The van der Waals surface area contributed by atoms with Gasteiger partial charge in [0.1, 0.15) is 5.75 Å². The van der Waals surface area contributed by atoms with Crippen LogP contribution in [0.1, 0.15) is 30.4 Å². The first-order valence-electron chi connectivity index (χ1n) is 10.3. The molecule has 3 rings (SSSR count). The van der Waals surface area contributed by atoms with E-state index in [4.69, 9.17) is 9.47 Å². The summed E-state index contributed by atoms with van der Waals surface area (Å²) in [5.74, 6) is 0.854. The van der Waals surface area contributed by atoms with E-state index in [9.17, 15) is 4.79 Å². The minimum Gasteiger partial charge on any atom is -0.494 e. The van der Waals surface area contributed by atoms with Crippen LogP contribution in [-0.4, -0.2) is 51.3 Å². The van der Waals surface area contributed by atoms with Crippen LogP contribution in [0, 0.1) is 6.92 Å². The Bertz CT molecular complexity index is 796. The minimum absolute atomic E-state index is 0.0334. The van der Waals surface area contributed by atoms with E-state index >= 15 is 0 Å². The van der Waals surface area contributed by atoms with E-state index in [2.05, 4.69) is 49.4 Å². The largest absolute Gasteiger partial charge is 0.494 e. The molecule has 0 aliphatic carbocycles. The highest BCUT2D eigenvalue weighted by Crippen LogP contribution is 2.36. The van der Waals surface area contributed by atoms with Crippen LogP contribution in [0.2, 0.25) is 0 Å². The fourth-order valence-electron chi connectivity index (χ4n) is 3.77. The van der Waals surface area contributed by atoms with Gasteiger partial charge in [0.15, 0.2) is 0 Å². The van der Waals surface area contributed by atoms with Gasteiger partial charge in [-0.2, -0.15) is 0 Å². The van der Waals surface area contributed by atoms with Gasteiger partial charge in [-0.15, -0.1) is 0 Å². The molecule has 1 saturated heterocycles. The van der Waals surface area contributed by atoms with Gasteiger partial charge >= 0.3 is 0 Å². The van der Waals surface area contributed by atoms with Crippen molar-refractivity contribution in [2.24, 2.45) is 0 Å². The van der Waals surface area contributed by atoms with E-state index in [1.54, 1.807) is 0 Å². The van der Waals surface area contributed by atoms with E-state index < -0.39 is 5.41 Å². The molecule has 156 valence electrons. The molecule has 1 fully saturated rings. The molecule has 1 heterocycles. The third-order valence-corrected chi connectivity index (χ3v) is 5.48. The summed E-state index contributed by atoms with van der Waals surface area (Å²) in [7, 11) is 4.11. The Hall–Kier alpha value is -2.37. The van der Waals surface area contributed by atoms with Gasteiger partial charge in [-0.3, -0.25) is 4.79 Å². The first-order valence-corrected chi connectivity index (χ1v) is 10.3. The number of anilines is 1. The van der Waals surface area contributed by atoms with Gasteiger partial charge in [0, 0.05) is 25.4 Å². The van der Waals surface area contributed by atoms with Gasteiger partial charge in [0.25, 0.3) is 0 Å². The van der Waals surface area contributed by atoms with Crippen molar-refractivity contribution in [3.8, 4) is 5.75 Å². The molecule has 0 spiro atoms. The topological polar surface area (TPSA) is 50.8 Å². The number of ether oxygens (including phenoxy) is 2. The predicted molar refractivity (Wildman–Crippen MR) is 117 cm³/mol. The zero-order chi connectivity index (χ0) is 20.7. The minimum atomic E-state index is -0.550. The zero-order valence-corrected chi connectivity index (χ0v) is 17.7. The Morgan fingerprint density at radius 3 is 2.52 bits per heavy atom. The lowest BCUT2D eigenvalue weighted by Gasteiger charge is -2.36. The number of nitrogens with one attached hydrogen (secondary N) is 1. The molecule has 1 aliphatic rings. The molecule has 0 radical (unpaired) electrons. The second-order valence-electron chi connectivity index (χ2n) is 8.05. The first-order chi connectivity index (χ1) is 14.0. The summed E-state index contributed by atoms with van der Waals surface area (Å²) in [6.45, 7) is 4.94. The van der Waals surface area contributed by atoms with Crippen molar-refractivity contribution in [3.63, 3.8) is 0 Å². The van der Waals surface area contributed by atoms with E-state index in [-0.39, 0.29) is 5.91 Å². The van der Waals surface area contributed by atoms with Crippen molar-refractivity contribution < 1.29 is 14.3 Å². The number of aryl methyl sites for hydroxylation is 1. The van der Waals surface area contributed by atoms with Gasteiger partial charge in [-0.25, -0.2) is 0 Å². The monoisotopic (exact) mass is 396 g/mol. The molecule has 0 atom stereocenters. The first kappa shape index (κ1) is 21.3. The number of carbonyl (C=O) groups excluding carboxylic acids is 1. The summed E-state index contributed by atoms with van der Waals surface area (Å²) in [6.07, 6.45) is 2.36. The summed E-state index contributed by atoms with van der Waals surface area (Å²) >= 11 is 0. The molecule has 0 saturated carbocycles. The average Bonchev–Trinajstić information content (AvgIpc) is 2.72. The number of hydrogen-bond acceptors (Lipinski definition) is 4. The van der Waals surface area contributed by atoms with Crippen LogP contribution in [0.25, 0.3) is 0 Å². The van der Waals surface area contributed by atoms with Crippen molar-refractivity contribution >= 4 is 11.6 Å². The van der Waals surface area contributed by atoms with E-state index in [1.807, 2.05) is 30.3 Å². The Labute approximate surface area is 174 Å². The maximum atomic E-state index is 13.4. The van der Waals surface area contributed by atoms with Gasteiger partial charge < -0.3 is 19.7 Å². The molecule has 2 aromatic carbocycles. The fraction of sp³-hybridized carbons (Fsp3) is 0.458. The summed E-state index contributed by atoms with van der Waals surface area (Å²) < 4.78 is 11.3. The van der Waals surface area contributed by atoms with Crippen molar-refractivity contribution in [1.82, 2.24) is 4.90 Å². The lowest BCUT2D eigenvalue weighted by atomic mass is 9.73. The fourth-order valence-corrected chi connectivity index (χ4v) is 3.77. The third-order valence-electron chi connectivity index (χ3n) is 5.48. The Morgan fingerprint density at radius 1 is 1.14 bits per heavy atom. The van der Waals surface area contributed by atoms with Crippen LogP contribution in [0.4, 0.5) is 5.69 Å². The summed E-state index contributed by atoms with van der Waals surface area (Å²) in [5.41, 5.74) is 2.47. The maximum absolute atomic E-state index is 13.4. The van der Waals surface area contributed by atoms with Gasteiger partial charge in [-0.05, 0) is 70.1 Å². The number of carbonyl (C=O) groups is 1. The quantitative estimate of drug-likeness (QED) is 0.685. The van der Waals surface area contributed by atoms with Gasteiger partial charge in [0.05, 0.1) is 12.0 Å². The maximum Gasteiger partial charge on any atom is 0.235 e. The Kier molecular flexibility index (Phi) is 7.29. The Morgan fingerprint density at radius 2 is 1.86 bits per heavy atom. The third kappa shape index (κ3) is 5.58. The molecule has 5 nitrogen and oxygen atoms in total. The SMILES string of the molecule is Cc1cccc(C2(C(=O)Nc3ccc(OCCCN(C)C)cc3)CCOCC2)c1. The summed E-state index contributed by atoms with van der Waals surface area (Å²) in [6, 6.07) is 15.9. The standard InChI is InChI=1S/C24H32N2O3/c1-19-6-4-7-20(18-19)24(12-16-28-17-13-24)23(27)25-21-8-10-22(11-9-21)29-15-5-14-26(2)3/h4,6-11,18H,5,12-17H2,1-3H3,(H,25,27). The summed E-state index contributed by atoms with van der Waals surface area (Å²) in [4.78, 5) is 15.5. The molecule has 0 unspecified atom stereocenters. The second kappa shape index (κ2) is 9.90. The number of amides is 1.